The molecule has 0 fully saturated rings. The molecule has 130 valence electrons. The molecule has 0 aromatic heterocycles. The Morgan fingerprint density at radius 3 is 1.88 bits per heavy atom. The van der Waals surface area contributed by atoms with Crippen LogP contribution in [0.2, 0.25) is 0 Å². The second-order valence-electron chi connectivity index (χ2n) is 8.34. The number of nitrogens with one attached hydrogen (secondary N) is 1. The van der Waals surface area contributed by atoms with Gasteiger partial charge in [0.1, 0.15) is 0 Å². The van der Waals surface area contributed by atoms with Crippen molar-refractivity contribution in [3.05, 3.63) is 51.6 Å². The van der Waals surface area contributed by atoms with E-state index >= 15 is 0 Å². The van der Waals surface area contributed by atoms with E-state index in [1.165, 1.54) is 27.9 Å². The first-order chi connectivity index (χ1) is 11.0. The van der Waals surface area contributed by atoms with Crippen LogP contribution in [0.3, 0.4) is 0 Å². The molecule has 2 heteroatoms. The minimum atomic E-state index is -0.169. The first kappa shape index (κ1) is 18.5. The van der Waals surface area contributed by atoms with E-state index in [9.17, 15) is 0 Å². The summed E-state index contributed by atoms with van der Waals surface area (Å²) in [7, 11) is 4.11. The largest absolute Gasteiger partial charge is 0.378 e. The summed E-state index contributed by atoms with van der Waals surface area (Å²) >= 11 is 0. The minimum Gasteiger partial charge on any atom is -0.378 e. The second-order valence-corrected chi connectivity index (χ2v) is 8.34. The van der Waals surface area contributed by atoms with Crippen molar-refractivity contribution in [3.8, 4) is 0 Å². The van der Waals surface area contributed by atoms with E-state index in [2.05, 4.69) is 85.7 Å². The lowest BCUT2D eigenvalue weighted by molar-refractivity contribution is 0.587. The molecule has 0 heterocycles. The molecule has 0 saturated heterocycles. The highest BCUT2D eigenvalue weighted by Crippen LogP contribution is 2.45. The molecule has 1 aromatic rings. The molecule has 1 N–H and O–H groups in total. The van der Waals surface area contributed by atoms with Crippen LogP contribution in [0.5, 0.6) is 0 Å². The monoisotopic (exact) mass is 324 g/mol. The van der Waals surface area contributed by atoms with Gasteiger partial charge in [-0.15, -0.1) is 0 Å². The first-order valence-electron chi connectivity index (χ1n) is 8.72. The number of rotatable bonds is 3. The Kier molecular flexibility index (Phi) is 4.81. The van der Waals surface area contributed by atoms with Gasteiger partial charge in [0.05, 0.1) is 0 Å². The maximum atomic E-state index is 8.81. The van der Waals surface area contributed by atoms with Gasteiger partial charge in [0.15, 0.2) is 0 Å². The van der Waals surface area contributed by atoms with E-state index in [-0.39, 0.29) is 5.41 Å². The van der Waals surface area contributed by atoms with E-state index in [0.717, 1.165) is 11.3 Å². The Bertz CT molecular complexity index is 716. The maximum absolute atomic E-state index is 8.81. The van der Waals surface area contributed by atoms with Crippen molar-refractivity contribution >= 4 is 11.4 Å². The lowest BCUT2D eigenvalue weighted by atomic mass is 9.78. The van der Waals surface area contributed by atoms with Gasteiger partial charge in [-0.3, -0.25) is 0 Å². The summed E-state index contributed by atoms with van der Waals surface area (Å²) in [5.41, 5.74) is 9.70. The van der Waals surface area contributed by atoms with Gasteiger partial charge in [-0.2, -0.15) is 0 Å². The molecule has 0 aliphatic heterocycles. The number of anilines is 1. The molecular formula is C22H32N2. The van der Waals surface area contributed by atoms with Crippen LogP contribution in [-0.2, 0) is 0 Å². The Hall–Kier alpha value is -1.83. The Balaban J connectivity index is 2.70. The number of benzene rings is 1. The summed E-state index contributed by atoms with van der Waals surface area (Å²) in [6.45, 7) is 15.3. The van der Waals surface area contributed by atoms with Crippen molar-refractivity contribution in [2.75, 3.05) is 19.0 Å². The third-order valence-corrected chi connectivity index (χ3v) is 5.50. The summed E-state index contributed by atoms with van der Waals surface area (Å²) in [5.74, 6) is 0.305. The van der Waals surface area contributed by atoms with Gasteiger partial charge in [-0.25, -0.2) is 0 Å². The molecule has 1 aliphatic rings. The number of hydrogen-bond donors (Lipinski definition) is 1. The molecule has 0 atom stereocenters. The third-order valence-electron chi connectivity index (χ3n) is 5.50. The van der Waals surface area contributed by atoms with Gasteiger partial charge >= 0.3 is 0 Å². The fourth-order valence-electron chi connectivity index (χ4n) is 3.51. The highest BCUT2D eigenvalue weighted by atomic mass is 15.1. The molecule has 2 nitrogen and oxygen atoms in total. The molecule has 0 amide bonds. The number of allylic oxidation sites excluding steroid dienone is 4. The highest BCUT2D eigenvalue weighted by Gasteiger charge is 2.30. The van der Waals surface area contributed by atoms with Crippen molar-refractivity contribution in [1.29, 1.82) is 5.41 Å². The van der Waals surface area contributed by atoms with Crippen LogP contribution < -0.4 is 4.90 Å². The molecule has 1 aliphatic carbocycles. The van der Waals surface area contributed by atoms with E-state index in [0.29, 0.717) is 11.6 Å². The SMILES string of the molecule is CC1=C(C)C(c2ccc(N(C)C)cc2C(=N)C(C)(C)C)C(C)=C1C. The van der Waals surface area contributed by atoms with Crippen molar-refractivity contribution in [2.45, 2.75) is 54.4 Å². The molecule has 0 saturated carbocycles. The number of hydrogen-bond acceptors (Lipinski definition) is 2. The standard InChI is InChI=1S/C22H32N2/c1-13-14(2)16(4)20(15(13)3)18-11-10-17(24(8)9)12-19(18)21(23)22(5,6)7/h10-12,20,23H,1-9H3. The molecule has 0 bridgehead atoms. The first-order valence-corrected chi connectivity index (χ1v) is 8.72. The van der Waals surface area contributed by atoms with Gasteiger partial charge in [0.25, 0.3) is 0 Å². The predicted molar refractivity (Wildman–Crippen MR) is 107 cm³/mol. The minimum absolute atomic E-state index is 0.169. The van der Waals surface area contributed by atoms with Crippen molar-refractivity contribution < 1.29 is 0 Å². The van der Waals surface area contributed by atoms with Crippen LogP contribution in [0.1, 0.15) is 65.5 Å². The molecule has 0 radical (unpaired) electrons. The number of nitrogens with zero attached hydrogens (tertiary/aromatic N) is 1. The summed E-state index contributed by atoms with van der Waals surface area (Å²) < 4.78 is 0. The predicted octanol–water partition coefficient (Wildman–Crippen LogP) is 5.94. The van der Waals surface area contributed by atoms with Crippen molar-refractivity contribution in [1.82, 2.24) is 0 Å². The Morgan fingerprint density at radius 1 is 0.958 bits per heavy atom. The van der Waals surface area contributed by atoms with E-state index in [1.807, 2.05) is 0 Å². The molecule has 2 rings (SSSR count). The topological polar surface area (TPSA) is 27.1 Å². The summed E-state index contributed by atoms with van der Waals surface area (Å²) in [4.78, 5) is 2.11. The molecule has 1 aromatic carbocycles. The van der Waals surface area contributed by atoms with Gasteiger partial charge in [-0.05, 0) is 56.5 Å². The van der Waals surface area contributed by atoms with Crippen molar-refractivity contribution in [3.63, 3.8) is 0 Å². The van der Waals surface area contributed by atoms with Crippen LogP contribution in [0.4, 0.5) is 5.69 Å². The molecule has 24 heavy (non-hydrogen) atoms. The molecule has 0 unspecified atom stereocenters. The smallest absolute Gasteiger partial charge is 0.0443 e. The van der Waals surface area contributed by atoms with Gasteiger partial charge in [0, 0.05) is 42.4 Å². The average Bonchev–Trinajstić information content (AvgIpc) is 2.69. The van der Waals surface area contributed by atoms with Crippen molar-refractivity contribution in [2.24, 2.45) is 5.41 Å². The lowest BCUT2D eigenvalue weighted by Gasteiger charge is -2.27. The van der Waals surface area contributed by atoms with Crippen LogP contribution in [-0.4, -0.2) is 19.8 Å². The second kappa shape index (κ2) is 6.23. The lowest BCUT2D eigenvalue weighted by Crippen LogP contribution is -2.23. The third kappa shape index (κ3) is 3.07. The Labute approximate surface area is 147 Å². The van der Waals surface area contributed by atoms with E-state index < -0.39 is 0 Å². The quantitative estimate of drug-likeness (QED) is 0.685. The maximum Gasteiger partial charge on any atom is 0.0443 e. The zero-order valence-corrected chi connectivity index (χ0v) is 16.8. The zero-order chi connectivity index (χ0) is 18.4. The fraction of sp³-hybridized carbons (Fsp3) is 0.500. The van der Waals surface area contributed by atoms with E-state index in [1.54, 1.807) is 0 Å². The van der Waals surface area contributed by atoms with Crippen LogP contribution in [0.15, 0.2) is 40.5 Å². The summed E-state index contributed by atoms with van der Waals surface area (Å²) in [6, 6.07) is 6.60. The molecular weight excluding hydrogens is 292 g/mol. The van der Waals surface area contributed by atoms with Crippen LogP contribution >= 0.6 is 0 Å². The summed E-state index contributed by atoms with van der Waals surface area (Å²) in [6.07, 6.45) is 0. The zero-order valence-electron chi connectivity index (χ0n) is 16.8. The Morgan fingerprint density at radius 2 is 1.46 bits per heavy atom. The summed E-state index contributed by atoms with van der Waals surface area (Å²) in [5, 5.41) is 8.81. The van der Waals surface area contributed by atoms with E-state index in [4.69, 9.17) is 5.41 Å². The highest BCUT2D eigenvalue weighted by molar-refractivity contribution is 6.04. The fourth-order valence-corrected chi connectivity index (χ4v) is 3.51. The van der Waals surface area contributed by atoms with Crippen LogP contribution in [0.25, 0.3) is 0 Å². The van der Waals surface area contributed by atoms with Gasteiger partial charge in [0.2, 0.25) is 0 Å². The van der Waals surface area contributed by atoms with Crippen LogP contribution in [0, 0.1) is 10.8 Å². The van der Waals surface area contributed by atoms with Gasteiger partial charge < -0.3 is 10.3 Å². The molecule has 0 spiro atoms. The average molecular weight is 325 g/mol. The normalized spacial score (nSPS) is 16.2. The van der Waals surface area contributed by atoms with Gasteiger partial charge in [-0.1, -0.05) is 38.0 Å².